The van der Waals surface area contributed by atoms with Crippen molar-refractivity contribution in [2.24, 2.45) is 5.92 Å². The lowest BCUT2D eigenvalue weighted by Crippen LogP contribution is -2.47. The van der Waals surface area contributed by atoms with Gasteiger partial charge in [-0.3, -0.25) is 4.79 Å². The van der Waals surface area contributed by atoms with Crippen LogP contribution < -0.4 is 0 Å². The smallest absolute Gasteiger partial charge is 0.259 e. The van der Waals surface area contributed by atoms with E-state index in [0.29, 0.717) is 12.3 Å². The minimum Gasteiger partial charge on any atom is -0.340 e. The van der Waals surface area contributed by atoms with Crippen LogP contribution in [0.2, 0.25) is 0 Å². The highest BCUT2D eigenvalue weighted by Gasteiger charge is 2.39. The Labute approximate surface area is 110 Å². The fourth-order valence-corrected chi connectivity index (χ4v) is 3.45. The van der Waals surface area contributed by atoms with Gasteiger partial charge in [-0.1, -0.05) is 32.1 Å². The van der Waals surface area contributed by atoms with Gasteiger partial charge in [-0.05, 0) is 38.5 Å². The number of likely N-dealkylation sites (tertiary alicyclic amines) is 1. The molecule has 0 aromatic carbocycles. The van der Waals surface area contributed by atoms with Gasteiger partial charge in [0, 0.05) is 13.1 Å². The van der Waals surface area contributed by atoms with Gasteiger partial charge in [0.25, 0.3) is 5.91 Å². The van der Waals surface area contributed by atoms with E-state index in [4.69, 9.17) is 0 Å². The number of alkyl halides is 1. The molecule has 1 unspecified atom stereocenters. The SMILES string of the molecule is CC(F)(CC1CCCCC1)C(=O)N1CCCCC1. The number of carbonyl (C=O) groups excluding carboxylic acids is 1. The monoisotopic (exact) mass is 255 g/mol. The molecule has 3 heteroatoms. The Morgan fingerprint density at radius 3 is 2.28 bits per heavy atom. The molecule has 0 N–H and O–H groups in total. The maximum absolute atomic E-state index is 14.7. The molecule has 1 saturated carbocycles. The van der Waals surface area contributed by atoms with Crippen LogP contribution in [-0.4, -0.2) is 29.6 Å². The Bertz CT molecular complexity index is 278. The van der Waals surface area contributed by atoms with Gasteiger partial charge in [0.05, 0.1) is 0 Å². The average Bonchev–Trinajstić information content (AvgIpc) is 2.39. The molecule has 18 heavy (non-hydrogen) atoms. The minimum absolute atomic E-state index is 0.257. The summed E-state index contributed by atoms with van der Waals surface area (Å²) in [5.74, 6) is 0.162. The van der Waals surface area contributed by atoms with Crippen molar-refractivity contribution in [1.29, 1.82) is 0 Å². The summed E-state index contributed by atoms with van der Waals surface area (Å²) in [5, 5.41) is 0. The van der Waals surface area contributed by atoms with Crippen LogP contribution in [0.5, 0.6) is 0 Å². The number of nitrogens with zero attached hydrogens (tertiary/aromatic N) is 1. The molecule has 1 heterocycles. The van der Waals surface area contributed by atoms with E-state index in [0.717, 1.165) is 38.8 Å². The van der Waals surface area contributed by atoms with Gasteiger partial charge in [-0.25, -0.2) is 4.39 Å². The molecule has 0 spiro atoms. The number of hydrogen-bond donors (Lipinski definition) is 0. The van der Waals surface area contributed by atoms with E-state index < -0.39 is 5.67 Å². The minimum atomic E-state index is -1.64. The Morgan fingerprint density at radius 2 is 1.67 bits per heavy atom. The molecule has 0 bridgehead atoms. The fraction of sp³-hybridized carbons (Fsp3) is 0.933. The van der Waals surface area contributed by atoms with Crippen molar-refractivity contribution in [1.82, 2.24) is 4.90 Å². The van der Waals surface area contributed by atoms with Gasteiger partial charge in [-0.2, -0.15) is 0 Å². The third-order valence-corrected chi connectivity index (χ3v) is 4.49. The second-order valence-electron chi connectivity index (χ2n) is 6.26. The van der Waals surface area contributed by atoms with E-state index in [1.54, 1.807) is 4.90 Å². The quantitative estimate of drug-likeness (QED) is 0.753. The van der Waals surface area contributed by atoms with Crippen LogP contribution in [0, 0.1) is 5.92 Å². The summed E-state index contributed by atoms with van der Waals surface area (Å²) in [4.78, 5) is 14.0. The first-order chi connectivity index (χ1) is 8.59. The Kier molecular flexibility index (Phi) is 4.63. The second-order valence-corrected chi connectivity index (χ2v) is 6.26. The van der Waals surface area contributed by atoms with Crippen molar-refractivity contribution < 1.29 is 9.18 Å². The van der Waals surface area contributed by atoms with Crippen molar-refractivity contribution in [3.63, 3.8) is 0 Å². The van der Waals surface area contributed by atoms with Crippen molar-refractivity contribution in [3.8, 4) is 0 Å². The van der Waals surface area contributed by atoms with Crippen molar-refractivity contribution in [2.45, 2.75) is 70.4 Å². The number of piperidine rings is 1. The van der Waals surface area contributed by atoms with E-state index in [-0.39, 0.29) is 5.91 Å². The number of hydrogen-bond acceptors (Lipinski definition) is 1. The molecule has 0 radical (unpaired) electrons. The number of rotatable bonds is 3. The standard InChI is InChI=1S/C15H26FNO/c1-15(16,12-13-8-4-2-5-9-13)14(18)17-10-6-3-7-11-17/h13H,2-12H2,1H3. The van der Waals surface area contributed by atoms with E-state index in [2.05, 4.69) is 0 Å². The maximum atomic E-state index is 14.7. The summed E-state index contributed by atoms with van der Waals surface area (Å²) in [7, 11) is 0. The van der Waals surface area contributed by atoms with Gasteiger partial charge in [0.2, 0.25) is 0 Å². The molecule has 2 aliphatic rings. The molecule has 0 aromatic rings. The van der Waals surface area contributed by atoms with Gasteiger partial charge in [0.1, 0.15) is 0 Å². The Hall–Kier alpha value is -0.600. The molecular formula is C15H26FNO. The number of amides is 1. The zero-order valence-corrected chi connectivity index (χ0v) is 11.6. The van der Waals surface area contributed by atoms with E-state index >= 15 is 0 Å². The summed E-state index contributed by atoms with van der Waals surface area (Å²) in [6.07, 6.45) is 9.57. The first kappa shape index (κ1) is 13.8. The molecule has 1 aliphatic carbocycles. The molecule has 1 atom stereocenters. The van der Waals surface area contributed by atoms with E-state index in [1.807, 2.05) is 0 Å². The summed E-state index contributed by atoms with van der Waals surface area (Å²) < 4.78 is 14.7. The number of carbonyl (C=O) groups is 1. The molecule has 1 amide bonds. The zero-order valence-electron chi connectivity index (χ0n) is 11.6. The highest BCUT2D eigenvalue weighted by molar-refractivity contribution is 5.84. The summed E-state index contributed by atoms with van der Waals surface area (Å²) in [6, 6.07) is 0. The Morgan fingerprint density at radius 1 is 1.11 bits per heavy atom. The van der Waals surface area contributed by atoms with Gasteiger partial charge >= 0.3 is 0 Å². The molecule has 2 rings (SSSR count). The van der Waals surface area contributed by atoms with Crippen LogP contribution in [0.3, 0.4) is 0 Å². The van der Waals surface area contributed by atoms with Crippen LogP contribution in [0.25, 0.3) is 0 Å². The van der Waals surface area contributed by atoms with Crippen LogP contribution in [0.15, 0.2) is 0 Å². The Balaban J connectivity index is 1.89. The fourth-order valence-electron chi connectivity index (χ4n) is 3.45. The third kappa shape index (κ3) is 3.46. The first-order valence-corrected chi connectivity index (χ1v) is 7.58. The molecule has 1 aliphatic heterocycles. The van der Waals surface area contributed by atoms with E-state index in [9.17, 15) is 9.18 Å². The highest BCUT2D eigenvalue weighted by Crippen LogP contribution is 2.33. The average molecular weight is 255 g/mol. The topological polar surface area (TPSA) is 20.3 Å². The summed E-state index contributed by atoms with van der Waals surface area (Å²) >= 11 is 0. The third-order valence-electron chi connectivity index (χ3n) is 4.49. The van der Waals surface area contributed by atoms with Gasteiger partial charge < -0.3 is 4.90 Å². The zero-order chi connectivity index (χ0) is 13.0. The lowest BCUT2D eigenvalue weighted by molar-refractivity contribution is -0.145. The van der Waals surface area contributed by atoms with Crippen LogP contribution in [-0.2, 0) is 4.79 Å². The predicted molar refractivity (Wildman–Crippen MR) is 71.1 cm³/mol. The van der Waals surface area contributed by atoms with E-state index in [1.165, 1.54) is 32.6 Å². The molecular weight excluding hydrogens is 229 g/mol. The highest BCUT2D eigenvalue weighted by atomic mass is 19.1. The van der Waals surface area contributed by atoms with Crippen LogP contribution in [0.4, 0.5) is 4.39 Å². The predicted octanol–water partition coefficient (Wildman–Crippen LogP) is 3.70. The molecule has 2 fully saturated rings. The maximum Gasteiger partial charge on any atom is 0.259 e. The molecule has 1 saturated heterocycles. The summed E-state index contributed by atoms with van der Waals surface area (Å²) in [5.41, 5.74) is -1.64. The molecule has 0 aromatic heterocycles. The van der Waals surface area contributed by atoms with Crippen LogP contribution >= 0.6 is 0 Å². The van der Waals surface area contributed by atoms with Crippen LogP contribution in [0.1, 0.15) is 64.7 Å². The van der Waals surface area contributed by atoms with Gasteiger partial charge in [0.15, 0.2) is 5.67 Å². The lowest BCUT2D eigenvalue weighted by Gasteiger charge is -2.34. The first-order valence-electron chi connectivity index (χ1n) is 7.58. The molecule has 2 nitrogen and oxygen atoms in total. The summed E-state index contributed by atoms with van der Waals surface area (Å²) in [6.45, 7) is 3.00. The van der Waals surface area contributed by atoms with Crippen molar-refractivity contribution in [2.75, 3.05) is 13.1 Å². The molecule has 104 valence electrons. The van der Waals surface area contributed by atoms with Gasteiger partial charge in [-0.15, -0.1) is 0 Å². The normalized spacial score (nSPS) is 25.8. The van der Waals surface area contributed by atoms with Crippen molar-refractivity contribution in [3.05, 3.63) is 0 Å². The largest absolute Gasteiger partial charge is 0.340 e. The van der Waals surface area contributed by atoms with Crippen molar-refractivity contribution >= 4 is 5.91 Å². The number of halogens is 1. The second kappa shape index (κ2) is 6.03. The lowest BCUT2D eigenvalue weighted by atomic mass is 9.81.